The second-order valence-corrected chi connectivity index (χ2v) is 7.11. The lowest BCUT2D eigenvalue weighted by molar-refractivity contribution is -0.141. The van der Waals surface area contributed by atoms with Crippen LogP contribution in [0.3, 0.4) is 0 Å². The fourth-order valence-electron chi connectivity index (χ4n) is 2.32. The molecule has 0 aliphatic carbocycles. The van der Waals surface area contributed by atoms with Crippen molar-refractivity contribution in [1.82, 2.24) is 20.2 Å². The van der Waals surface area contributed by atoms with Crippen LogP contribution in [0.25, 0.3) is 10.9 Å². The van der Waals surface area contributed by atoms with Crippen LogP contribution in [0.5, 0.6) is 0 Å². The van der Waals surface area contributed by atoms with Crippen molar-refractivity contribution >= 4 is 40.4 Å². The van der Waals surface area contributed by atoms with Crippen LogP contribution in [-0.4, -0.2) is 52.8 Å². The molecule has 9 nitrogen and oxygen atoms in total. The Balaban J connectivity index is 2.15. The fraction of sp³-hybridized carbons (Fsp3) is 0.389. The van der Waals surface area contributed by atoms with Crippen LogP contribution in [0, 0.1) is 0 Å². The van der Waals surface area contributed by atoms with E-state index in [1.807, 2.05) is 13.8 Å². The standard InChI is InChI=1S/C18H22N4O5S/c1-11(2)20-14(23)8-19-15(24)10-28-18-21-13-7-5-4-6-12(13)17(26)22(18)9-16(25)27-3/h4-7,11H,8-10H2,1-3H3,(H,19,24)(H,20,23). The van der Waals surface area contributed by atoms with Crippen molar-refractivity contribution in [2.24, 2.45) is 0 Å². The van der Waals surface area contributed by atoms with Gasteiger partial charge in [0, 0.05) is 6.04 Å². The van der Waals surface area contributed by atoms with E-state index in [0.717, 1.165) is 11.8 Å². The number of hydrogen-bond acceptors (Lipinski definition) is 7. The summed E-state index contributed by atoms with van der Waals surface area (Å²) in [6, 6.07) is 6.73. The van der Waals surface area contributed by atoms with Gasteiger partial charge in [0.15, 0.2) is 5.16 Å². The molecule has 0 unspecified atom stereocenters. The highest BCUT2D eigenvalue weighted by Crippen LogP contribution is 2.17. The minimum Gasteiger partial charge on any atom is -0.468 e. The number of thioether (sulfide) groups is 1. The van der Waals surface area contributed by atoms with Gasteiger partial charge in [-0.05, 0) is 26.0 Å². The maximum absolute atomic E-state index is 12.7. The van der Waals surface area contributed by atoms with Crippen molar-refractivity contribution in [3.8, 4) is 0 Å². The van der Waals surface area contributed by atoms with E-state index < -0.39 is 17.4 Å². The highest BCUT2D eigenvalue weighted by molar-refractivity contribution is 7.99. The van der Waals surface area contributed by atoms with Gasteiger partial charge in [0.2, 0.25) is 11.8 Å². The van der Waals surface area contributed by atoms with Crippen molar-refractivity contribution in [2.75, 3.05) is 19.4 Å². The number of para-hydroxylation sites is 1. The molecule has 2 aromatic rings. The second kappa shape index (κ2) is 9.88. The number of rotatable bonds is 8. The molecule has 2 rings (SSSR count). The Hall–Kier alpha value is -2.88. The molecule has 0 aliphatic heterocycles. The van der Waals surface area contributed by atoms with Gasteiger partial charge in [0.1, 0.15) is 6.54 Å². The molecule has 28 heavy (non-hydrogen) atoms. The Kier molecular flexibility index (Phi) is 7.56. The zero-order valence-electron chi connectivity index (χ0n) is 15.9. The molecule has 0 aliphatic rings. The summed E-state index contributed by atoms with van der Waals surface area (Å²) >= 11 is 1.00. The van der Waals surface area contributed by atoms with Crippen molar-refractivity contribution in [3.05, 3.63) is 34.6 Å². The summed E-state index contributed by atoms with van der Waals surface area (Å²) in [5.41, 5.74) is 0.0723. The van der Waals surface area contributed by atoms with Crippen molar-refractivity contribution in [2.45, 2.75) is 31.6 Å². The quantitative estimate of drug-likeness (QED) is 0.368. The van der Waals surface area contributed by atoms with E-state index in [4.69, 9.17) is 0 Å². The number of carbonyl (C=O) groups excluding carboxylic acids is 3. The number of nitrogens with one attached hydrogen (secondary N) is 2. The molecule has 0 saturated heterocycles. The molecule has 0 radical (unpaired) electrons. The smallest absolute Gasteiger partial charge is 0.325 e. The van der Waals surface area contributed by atoms with E-state index in [0.29, 0.717) is 10.9 Å². The van der Waals surface area contributed by atoms with Gasteiger partial charge < -0.3 is 15.4 Å². The Bertz CT molecular complexity index is 941. The van der Waals surface area contributed by atoms with Gasteiger partial charge in [-0.2, -0.15) is 0 Å². The molecular formula is C18H22N4O5S. The number of nitrogens with zero attached hydrogens (tertiary/aromatic N) is 2. The molecule has 1 aromatic carbocycles. The number of methoxy groups -OCH3 is 1. The van der Waals surface area contributed by atoms with Gasteiger partial charge in [0.05, 0.1) is 30.3 Å². The first-order chi connectivity index (χ1) is 13.3. The molecule has 150 valence electrons. The van der Waals surface area contributed by atoms with E-state index in [2.05, 4.69) is 20.4 Å². The van der Waals surface area contributed by atoms with E-state index in [-0.39, 0.29) is 35.9 Å². The number of aromatic nitrogens is 2. The molecule has 2 N–H and O–H groups in total. The number of carbonyl (C=O) groups is 3. The van der Waals surface area contributed by atoms with Gasteiger partial charge in [0.25, 0.3) is 5.56 Å². The predicted molar refractivity (Wildman–Crippen MR) is 105 cm³/mol. The van der Waals surface area contributed by atoms with E-state index in [1.165, 1.54) is 11.7 Å². The van der Waals surface area contributed by atoms with Crippen molar-refractivity contribution < 1.29 is 19.1 Å². The van der Waals surface area contributed by atoms with Gasteiger partial charge in [-0.25, -0.2) is 4.98 Å². The number of fused-ring (bicyclic) bond motifs is 1. The first-order valence-corrected chi connectivity index (χ1v) is 9.55. The molecule has 0 spiro atoms. The maximum Gasteiger partial charge on any atom is 0.325 e. The number of amides is 2. The highest BCUT2D eigenvalue weighted by Gasteiger charge is 2.16. The topological polar surface area (TPSA) is 119 Å². The molecular weight excluding hydrogens is 384 g/mol. The number of ether oxygens (including phenoxy) is 1. The van der Waals surface area contributed by atoms with Crippen molar-refractivity contribution in [1.29, 1.82) is 0 Å². The summed E-state index contributed by atoms with van der Waals surface area (Å²) in [5, 5.41) is 5.75. The third-order valence-electron chi connectivity index (χ3n) is 3.57. The lowest BCUT2D eigenvalue weighted by atomic mass is 10.2. The SMILES string of the molecule is COC(=O)Cn1c(SCC(=O)NCC(=O)NC(C)C)nc2ccccc2c1=O. The largest absolute Gasteiger partial charge is 0.468 e. The third kappa shape index (κ3) is 5.81. The van der Waals surface area contributed by atoms with E-state index in [9.17, 15) is 19.2 Å². The Labute approximate surface area is 165 Å². The van der Waals surface area contributed by atoms with E-state index >= 15 is 0 Å². The zero-order chi connectivity index (χ0) is 20.7. The Morgan fingerprint density at radius 3 is 2.61 bits per heavy atom. The summed E-state index contributed by atoms with van der Waals surface area (Å²) in [4.78, 5) is 52.4. The van der Waals surface area contributed by atoms with E-state index in [1.54, 1.807) is 24.3 Å². The average Bonchev–Trinajstić information content (AvgIpc) is 2.66. The van der Waals surface area contributed by atoms with Crippen LogP contribution in [0.1, 0.15) is 13.8 Å². The first kappa shape index (κ1) is 21.4. The minimum absolute atomic E-state index is 0.0201. The fourth-order valence-corrected chi connectivity index (χ4v) is 3.15. The molecule has 0 saturated carbocycles. The van der Waals surface area contributed by atoms with Gasteiger partial charge in [-0.1, -0.05) is 23.9 Å². The second-order valence-electron chi connectivity index (χ2n) is 6.17. The summed E-state index contributed by atoms with van der Waals surface area (Å²) < 4.78 is 5.82. The average molecular weight is 406 g/mol. The highest BCUT2D eigenvalue weighted by atomic mass is 32.2. The number of esters is 1. The Morgan fingerprint density at radius 2 is 1.93 bits per heavy atom. The van der Waals surface area contributed by atoms with Crippen LogP contribution < -0.4 is 16.2 Å². The summed E-state index contributed by atoms with van der Waals surface area (Å²) in [6.07, 6.45) is 0. The summed E-state index contributed by atoms with van der Waals surface area (Å²) in [7, 11) is 1.23. The molecule has 2 amide bonds. The summed E-state index contributed by atoms with van der Waals surface area (Å²) in [6.45, 7) is 3.19. The first-order valence-electron chi connectivity index (χ1n) is 8.57. The zero-order valence-corrected chi connectivity index (χ0v) is 16.7. The molecule has 0 bridgehead atoms. The summed E-state index contributed by atoms with van der Waals surface area (Å²) in [5.74, 6) is -1.35. The van der Waals surface area contributed by atoms with Gasteiger partial charge in [-0.3, -0.25) is 23.7 Å². The van der Waals surface area contributed by atoms with Crippen LogP contribution in [0.2, 0.25) is 0 Å². The predicted octanol–water partition coefficient (Wildman–Crippen LogP) is 0.302. The van der Waals surface area contributed by atoms with Crippen LogP contribution in [0.4, 0.5) is 0 Å². The molecule has 1 heterocycles. The number of benzene rings is 1. The van der Waals surface area contributed by atoms with Gasteiger partial charge in [-0.15, -0.1) is 0 Å². The van der Waals surface area contributed by atoms with Crippen LogP contribution in [0.15, 0.2) is 34.2 Å². The van der Waals surface area contributed by atoms with Crippen molar-refractivity contribution in [3.63, 3.8) is 0 Å². The molecule has 1 aromatic heterocycles. The monoisotopic (exact) mass is 406 g/mol. The molecule has 0 fully saturated rings. The minimum atomic E-state index is -0.601. The number of hydrogen-bond donors (Lipinski definition) is 2. The lowest BCUT2D eigenvalue weighted by Gasteiger charge is -2.12. The molecule has 0 atom stereocenters. The van der Waals surface area contributed by atoms with Crippen LogP contribution in [-0.2, 0) is 25.7 Å². The Morgan fingerprint density at radius 1 is 1.21 bits per heavy atom. The molecule has 10 heteroatoms. The van der Waals surface area contributed by atoms with Gasteiger partial charge >= 0.3 is 5.97 Å². The normalized spacial score (nSPS) is 10.7. The third-order valence-corrected chi connectivity index (χ3v) is 4.55. The van der Waals surface area contributed by atoms with Crippen LogP contribution >= 0.6 is 11.8 Å². The lowest BCUT2D eigenvalue weighted by Crippen LogP contribution is -2.40. The maximum atomic E-state index is 12.7.